The third-order valence-corrected chi connectivity index (χ3v) is 10.5. The lowest BCUT2D eigenvalue weighted by Crippen LogP contribution is -2.58. The molecule has 0 aromatic heterocycles. The number of ether oxygens (including phenoxy) is 3. The van der Waals surface area contributed by atoms with Crippen LogP contribution in [0, 0.1) is 11.8 Å². The summed E-state index contributed by atoms with van der Waals surface area (Å²) in [5, 5.41) is 12.7. The van der Waals surface area contributed by atoms with E-state index in [4.69, 9.17) is 14.2 Å². The molecule has 11 nitrogen and oxygen atoms in total. The van der Waals surface area contributed by atoms with Gasteiger partial charge in [0.15, 0.2) is 0 Å². The fourth-order valence-electron chi connectivity index (χ4n) is 8.42. The molecule has 1 spiro atoms. The van der Waals surface area contributed by atoms with Crippen molar-refractivity contribution in [3.05, 3.63) is 61.2 Å². The fourth-order valence-corrected chi connectivity index (χ4v) is 8.42. The zero-order valence-corrected chi connectivity index (χ0v) is 28.1. The number of allylic oxidation sites excluding steroid dienone is 1. The van der Waals surface area contributed by atoms with Crippen LogP contribution in [-0.2, 0) is 33.4 Å². The van der Waals surface area contributed by atoms with Crippen LogP contribution in [0.5, 0.6) is 0 Å². The van der Waals surface area contributed by atoms with Crippen LogP contribution in [0.1, 0.15) is 75.9 Å². The van der Waals surface area contributed by atoms with Gasteiger partial charge in [-0.2, -0.15) is 0 Å². The third kappa shape index (κ3) is 7.09. The number of carbonyl (C=O) groups excluding carboxylic acids is 4. The minimum Gasteiger partial charge on any atom is -0.455 e. The number of rotatable bonds is 17. The Hall–Kier alpha value is -3.54. The molecule has 7 atom stereocenters. The van der Waals surface area contributed by atoms with E-state index >= 15 is 0 Å². The molecule has 48 heavy (non-hydrogen) atoms. The monoisotopic (exact) mass is 665 g/mol. The number of hydrogen-bond donors (Lipinski definition) is 2. The first-order valence-corrected chi connectivity index (χ1v) is 17.5. The van der Waals surface area contributed by atoms with Crippen molar-refractivity contribution in [2.75, 3.05) is 33.4 Å². The lowest BCUT2D eigenvalue weighted by molar-refractivity contribution is -0.163. The number of amides is 3. The summed E-state index contributed by atoms with van der Waals surface area (Å²) in [4.78, 5) is 59.6. The fraction of sp³-hybridized carbons (Fsp3) is 0.622. The number of nitrogens with one attached hydrogen (secondary N) is 1. The van der Waals surface area contributed by atoms with Crippen LogP contribution in [0.2, 0.25) is 0 Å². The normalized spacial score (nSPS) is 27.6. The number of aliphatic hydroxyl groups is 1. The largest absolute Gasteiger partial charge is 0.455 e. The Balaban J connectivity index is 1.46. The van der Waals surface area contributed by atoms with Crippen molar-refractivity contribution >= 4 is 23.7 Å². The van der Waals surface area contributed by atoms with Crippen molar-refractivity contribution in [3.63, 3.8) is 0 Å². The highest BCUT2D eigenvalue weighted by molar-refractivity contribution is 5.98. The molecule has 3 heterocycles. The van der Waals surface area contributed by atoms with E-state index in [1.807, 2.05) is 35.2 Å². The van der Waals surface area contributed by atoms with Crippen molar-refractivity contribution in [1.82, 2.24) is 15.1 Å². The second kappa shape index (κ2) is 16.2. The van der Waals surface area contributed by atoms with Gasteiger partial charge >= 0.3 is 5.97 Å². The van der Waals surface area contributed by atoms with Crippen molar-refractivity contribution in [3.8, 4) is 0 Å². The van der Waals surface area contributed by atoms with Crippen LogP contribution in [-0.4, -0.2) is 102 Å². The standard InChI is InChI=1S/C37H51N3O8/c1-4-6-18-29(42)38-27(24-46-3)32(25-14-9-7-10-15-25)47-36(45)30-28-19-20-37(48-28)31(30)34(43)40(22-13-23-41)33(37)35(44)39(21-5-2)26-16-11-8-12-17-26/h4-5,7,9-10,14-15,26-28,30-33,41H,1-2,6,8,11-13,16-24H2,3H3,(H,38,42)/t27-,28+,30-,31-,32-,33+,37-/m0/s1. The quantitative estimate of drug-likeness (QED) is 0.191. The number of carbonyl (C=O) groups is 4. The Labute approximate surface area is 283 Å². The van der Waals surface area contributed by atoms with Crippen LogP contribution in [0.25, 0.3) is 0 Å². The van der Waals surface area contributed by atoms with Gasteiger partial charge in [0.25, 0.3) is 0 Å². The van der Waals surface area contributed by atoms with Gasteiger partial charge in [0.1, 0.15) is 17.7 Å². The summed E-state index contributed by atoms with van der Waals surface area (Å²) in [7, 11) is 1.51. The SMILES string of the molecule is C=CCCC(=O)N[C@@H](COC)[C@@H](OC(=O)[C@@H]1[C@H]2C(=O)N(CCCO)[C@H](C(=O)N(CC=C)C3CCCCC3)[C@]23CC[C@H]1O3)c1ccccc1. The maximum absolute atomic E-state index is 14.6. The number of esters is 1. The van der Waals surface area contributed by atoms with Crippen molar-refractivity contribution in [1.29, 1.82) is 0 Å². The number of likely N-dealkylation sites (tertiary alicyclic amines) is 1. The third-order valence-electron chi connectivity index (χ3n) is 10.5. The lowest BCUT2D eigenvalue weighted by atomic mass is 9.70. The molecule has 4 fully saturated rings. The number of hydrogen-bond acceptors (Lipinski definition) is 8. The minimum absolute atomic E-state index is 0.0416. The number of nitrogens with zero attached hydrogens (tertiary/aromatic N) is 2. The number of benzene rings is 1. The molecule has 4 aliphatic rings. The predicted octanol–water partition coefficient (Wildman–Crippen LogP) is 3.47. The van der Waals surface area contributed by atoms with Gasteiger partial charge in [0.2, 0.25) is 17.7 Å². The van der Waals surface area contributed by atoms with Crippen molar-refractivity contribution in [2.45, 2.75) is 100 Å². The van der Waals surface area contributed by atoms with E-state index in [2.05, 4.69) is 18.5 Å². The molecular weight excluding hydrogens is 614 g/mol. The second-order valence-corrected chi connectivity index (χ2v) is 13.5. The van der Waals surface area contributed by atoms with E-state index in [9.17, 15) is 24.3 Å². The van der Waals surface area contributed by atoms with Crippen LogP contribution in [0.4, 0.5) is 0 Å². The van der Waals surface area contributed by atoms with E-state index in [1.165, 1.54) is 7.11 Å². The van der Waals surface area contributed by atoms with Crippen molar-refractivity contribution in [2.24, 2.45) is 11.8 Å². The van der Waals surface area contributed by atoms with Crippen LogP contribution in [0.15, 0.2) is 55.6 Å². The number of methoxy groups -OCH3 is 1. The molecule has 1 saturated carbocycles. The summed E-state index contributed by atoms with van der Waals surface area (Å²) in [6, 6.07) is 7.56. The zero-order valence-electron chi connectivity index (χ0n) is 28.1. The Kier molecular flexibility index (Phi) is 12.1. The molecule has 1 aromatic carbocycles. The molecule has 1 aliphatic carbocycles. The summed E-state index contributed by atoms with van der Waals surface area (Å²) < 4.78 is 18.4. The van der Waals surface area contributed by atoms with E-state index in [0.717, 1.165) is 32.1 Å². The molecular formula is C37H51N3O8. The number of fused-ring (bicyclic) bond motifs is 1. The summed E-state index contributed by atoms with van der Waals surface area (Å²) in [6.07, 6.45) is 8.83. The summed E-state index contributed by atoms with van der Waals surface area (Å²) in [5.41, 5.74) is -0.516. The molecule has 3 saturated heterocycles. The average molecular weight is 666 g/mol. The zero-order chi connectivity index (χ0) is 34.3. The molecule has 0 unspecified atom stereocenters. The molecule has 3 amide bonds. The highest BCUT2D eigenvalue weighted by atomic mass is 16.6. The first-order valence-electron chi connectivity index (χ1n) is 17.5. The Morgan fingerprint density at radius 3 is 2.56 bits per heavy atom. The molecule has 262 valence electrons. The summed E-state index contributed by atoms with van der Waals surface area (Å²) in [5.74, 6) is -3.20. The van der Waals surface area contributed by atoms with E-state index in [0.29, 0.717) is 37.8 Å². The molecule has 5 rings (SSSR count). The summed E-state index contributed by atoms with van der Waals surface area (Å²) >= 11 is 0. The van der Waals surface area contributed by atoms with Gasteiger partial charge in [-0.25, -0.2) is 0 Å². The maximum atomic E-state index is 14.6. The van der Waals surface area contributed by atoms with Gasteiger partial charge in [-0.1, -0.05) is 61.7 Å². The van der Waals surface area contributed by atoms with Crippen LogP contribution < -0.4 is 5.32 Å². The Morgan fingerprint density at radius 1 is 1.15 bits per heavy atom. The van der Waals surface area contributed by atoms with Gasteiger partial charge in [-0.15, -0.1) is 13.2 Å². The second-order valence-electron chi connectivity index (χ2n) is 13.5. The first-order chi connectivity index (χ1) is 23.3. The topological polar surface area (TPSA) is 135 Å². The van der Waals surface area contributed by atoms with Gasteiger partial charge in [0, 0.05) is 39.3 Å². The molecule has 11 heteroatoms. The first kappa shape index (κ1) is 35.8. The molecule has 2 N–H and O–H groups in total. The highest BCUT2D eigenvalue weighted by Crippen LogP contribution is 2.59. The van der Waals surface area contributed by atoms with E-state index in [-0.39, 0.29) is 49.9 Å². The lowest BCUT2D eigenvalue weighted by Gasteiger charge is -2.40. The van der Waals surface area contributed by atoms with Crippen LogP contribution >= 0.6 is 0 Å². The summed E-state index contributed by atoms with van der Waals surface area (Å²) in [6.45, 7) is 8.06. The smallest absolute Gasteiger partial charge is 0.313 e. The van der Waals surface area contributed by atoms with Gasteiger partial charge in [-0.05, 0) is 44.1 Å². The highest BCUT2D eigenvalue weighted by Gasteiger charge is 2.75. The van der Waals surface area contributed by atoms with Crippen molar-refractivity contribution < 1.29 is 38.5 Å². The number of aliphatic hydroxyl groups excluding tert-OH is 1. The van der Waals surface area contributed by atoms with Gasteiger partial charge < -0.3 is 34.4 Å². The molecule has 3 aliphatic heterocycles. The van der Waals surface area contributed by atoms with Gasteiger partial charge in [0.05, 0.1) is 30.6 Å². The Bertz CT molecular complexity index is 1320. The predicted molar refractivity (Wildman–Crippen MR) is 178 cm³/mol. The molecule has 1 aromatic rings. The average Bonchev–Trinajstić information content (AvgIpc) is 3.75. The maximum Gasteiger partial charge on any atom is 0.313 e. The molecule has 0 radical (unpaired) electrons. The molecule has 2 bridgehead atoms. The Morgan fingerprint density at radius 2 is 1.90 bits per heavy atom. The van der Waals surface area contributed by atoms with E-state index < -0.39 is 47.7 Å². The van der Waals surface area contributed by atoms with E-state index in [1.54, 1.807) is 17.1 Å². The van der Waals surface area contributed by atoms with Gasteiger partial charge in [-0.3, -0.25) is 19.2 Å². The van der Waals surface area contributed by atoms with Crippen LogP contribution in [0.3, 0.4) is 0 Å². The minimum atomic E-state index is -1.18.